The topological polar surface area (TPSA) is 24.8 Å². The summed E-state index contributed by atoms with van der Waals surface area (Å²) in [7, 11) is 3.52. The van der Waals surface area contributed by atoms with Crippen LogP contribution in [0.4, 0.5) is 0 Å². The molecule has 0 aliphatic heterocycles. The first-order valence-corrected chi connectivity index (χ1v) is 2.48. The average molecular weight is 116 g/mol. The summed E-state index contributed by atoms with van der Waals surface area (Å²) in [4.78, 5) is 0. The summed E-state index contributed by atoms with van der Waals surface area (Å²) in [6.45, 7) is 4.84. The number of ether oxygens (including phenoxy) is 1. The molecule has 0 N–H and O–H groups in total. The zero-order valence-electron chi connectivity index (χ0n) is 5.42. The lowest BCUT2D eigenvalue weighted by molar-refractivity contribution is 0.164. The molecule has 0 fully saturated rings. The molecule has 0 unspecified atom stereocenters. The number of hydrogen-bond acceptors (Lipinski definition) is 3. The molecule has 3 nitrogen and oxygen atoms in total. The van der Waals surface area contributed by atoms with Crippen LogP contribution in [0.1, 0.15) is 0 Å². The van der Waals surface area contributed by atoms with Gasteiger partial charge in [-0.1, -0.05) is 0 Å². The van der Waals surface area contributed by atoms with E-state index < -0.39 is 0 Å². The van der Waals surface area contributed by atoms with E-state index >= 15 is 0 Å². The third-order valence-electron chi connectivity index (χ3n) is 0.860. The van der Waals surface area contributed by atoms with E-state index in [1.54, 1.807) is 12.1 Å². The van der Waals surface area contributed by atoms with E-state index in [1.165, 1.54) is 0 Å². The van der Waals surface area contributed by atoms with Crippen LogP contribution in [0.25, 0.3) is 0 Å². The molecule has 48 valence electrons. The van der Waals surface area contributed by atoms with Gasteiger partial charge in [-0.05, 0) is 0 Å². The minimum absolute atomic E-state index is 0.704. The van der Waals surface area contributed by atoms with Gasteiger partial charge in [0, 0.05) is 20.9 Å². The van der Waals surface area contributed by atoms with Crippen LogP contribution < -0.4 is 0 Å². The van der Waals surface area contributed by atoms with E-state index in [9.17, 15) is 0 Å². The van der Waals surface area contributed by atoms with Crippen molar-refractivity contribution in [3.63, 3.8) is 0 Å². The normalized spacial score (nSPS) is 8.75. The van der Waals surface area contributed by atoms with Crippen molar-refractivity contribution in [2.75, 3.05) is 27.3 Å². The van der Waals surface area contributed by atoms with Crippen LogP contribution in [0.15, 0.2) is 5.10 Å². The summed E-state index contributed by atoms with van der Waals surface area (Å²) in [5.74, 6) is 0. The fourth-order valence-electron chi connectivity index (χ4n) is 0.294. The van der Waals surface area contributed by atoms with Gasteiger partial charge in [-0.25, -0.2) is 0 Å². The molecule has 8 heavy (non-hydrogen) atoms. The SMILES string of the molecule is C=NN(C)CCOC. The lowest BCUT2D eigenvalue weighted by Crippen LogP contribution is -2.15. The van der Waals surface area contributed by atoms with Crippen LogP contribution in [0, 0.1) is 0 Å². The third kappa shape index (κ3) is 3.61. The summed E-state index contributed by atoms with van der Waals surface area (Å²) in [5.41, 5.74) is 0. The zero-order chi connectivity index (χ0) is 6.41. The van der Waals surface area contributed by atoms with E-state index in [2.05, 4.69) is 11.8 Å². The zero-order valence-corrected chi connectivity index (χ0v) is 5.42. The quantitative estimate of drug-likeness (QED) is 0.386. The number of nitrogens with zero attached hydrogens (tertiary/aromatic N) is 2. The molecular formula is C5H12N2O. The molecule has 0 aromatic heterocycles. The lowest BCUT2D eigenvalue weighted by Gasteiger charge is -2.09. The third-order valence-corrected chi connectivity index (χ3v) is 0.860. The van der Waals surface area contributed by atoms with Crippen LogP contribution in [-0.2, 0) is 4.74 Å². The molecule has 0 aliphatic carbocycles. The molecule has 0 atom stereocenters. The van der Waals surface area contributed by atoms with Crippen LogP contribution >= 0.6 is 0 Å². The first-order chi connectivity index (χ1) is 3.81. The Kier molecular flexibility index (Phi) is 4.26. The molecule has 3 heteroatoms. The molecule has 0 saturated heterocycles. The van der Waals surface area contributed by atoms with Gasteiger partial charge < -0.3 is 4.74 Å². The van der Waals surface area contributed by atoms with Crippen LogP contribution in [0.2, 0.25) is 0 Å². The lowest BCUT2D eigenvalue weighted by atomic mass is 10.7. The van der Waals surface area contributed by atoms with E-state index in [0.29, 0.717) is 6.61 Å². The van der Waals surface area contributed by atoms with Crippen molar-refractivity contribution < 1.29 is 4.74 Å². The highest BCUT2D eigenvalue weighted by atomic mass is 16.5. The highest BCUT2D eigenvalue weighted by Crippen LogP contribution is 1.78. The van der Waals surface area contributed by atoms with Crippen LogP contribution in [0.5, 0.6) is 0 Å². The van der Waals surface area contributed by atoms with E-state index in [0.717, 1.165) is 6.54 Å². The van der Waals surface area contributed by atoms with Crippen molar-refractivity contribution in [3.8, 4) is 0 Å². The average Bonchev–Trinajstić information content (AvgIpc) is 1.83. The fourth-order valence-corrected chi connectivity index (χ4v) is 0.294. The molecule has 0 aromatic carbocycles. The summed E-state index contributed by atoms with van der Waals surface area (Å²) < 4.78 is 4.78. The Morgan fingerprint density at radius 2 is 2.38 bits per heavy atom. The molecule has 0 saturated carbocycles. The van der Waals surface area contributed by atoms with Gasteiger partial charge >= 0.3 is 0 Å². The molecular weight excluding hydrogens is 104 g/mol. The maximum atomic E-state index is 4.78. The minimum atomic E-state index is 0.704. The highest BCUT2D eigenvalue weighted by Gasteiger charge is 1.86. The van der Waals surface area contributed by atoms with Crippen LogP contribution in [0.3, 0.4) is 0 Å². The predicted octanol–water partition coefficient (Wildman–Crippen LogP) is 0.180. The largest absolute Gasteiger partial charge is 0.383 e. The predicted molar refractivity (Wildman–Crippen MR) is 34.1 cm³/mol. The van der Waals surface area contributed by atoms with Crippen molar-refractivity contribution in [2.45, 2.75) is 0 Å². The summed E-state index contributed by atoms with van der Waals surface area (Å²) >= 11 is 0. The first kappa shape index (κ1) is 7.43. The van der Waals surface area contributed by atoms with E-state index in [-0.39, 0.29) is 0 Å². The molecule has 0 rings (SSSR count). The molecule has 0 spiro atoms. The number of rotatable bonds is 4. The first-order valence-electron chi connectivity index (χ1n) is 2.48. The maximum absolute atomic E-state index is 4.78. The van der Waals surface area contributed by atoms with Gasteiger partial charge in [0.2, 0.25) is 0 Å². The standard InChI is InChI=1S/C5H12N2O/c1-6-7(2)4-5-8-3/h1,4-5H2,2-3H3. The Morgan fingerprint density at radius 1 is 1.75 bits per heavy atom. The summed E-state index contributed by atoms with van der Waals surface area (Å²) in [6, 6.07) is 0. The molecule has 0 radical (unpaired) electrons. The minimum Gasteiger partial charge on any atom is -0.383 e. The van der Waals surface area contributed by atoms with Gasteiger partial charge in [0.25, 0.3) is 0 Å². The van der Waals surface area contributed by atoms with Gasteiger partial charge in [0.1, 0.15) is 0 Å². The van der Waals surface area contributed by atoms with Crippen molar-refractivity contribution in [1.82, 2.24) is 5.01 Å². The van der Waals surface area contributed by atoms with E-state index in [1.807, 2.05) is 7.05 Å². The van der Waals surface area contributed by atoms with E-state index in [4.69, 9.17) is 4.74 Å². The summed E-state index contributed by atoms with van der Waals surface area (Å²) in [5, 5.41) is 5.36. The second kappa shape index (κ2) is 4.59. The number of hydrazone groups is 1. The van der Waals surface area contributed by atoms with Crippen molar-refractivity contribution in [3.05, 3.63) is 0 Å². The van der Waals surface area contributed by atoms with Gasteiger partial charge in [-0.15, -0.1) is 0 Å². The highest BCUT2D eigenvalue weighted by molar-refractivity contribution is 5.22. The molecule has 0 amide bonds. The fraction of sp³-hybridized carbons (Fsp3) is 0.800. The second-order valence-corrected chi connectivity index (χ2v) is 1.52. The second-order valence-electron chi connectivity index (χ2n) is 1.52. The van der Waals surface area contributed by atoms with Crippen molar-refractivity contribution in [1.29, 1.82) is 0 Å². The Labute approximate surface area is 49.9 Å². The smallest absolute Gasteiger partial charge is 0.0654 e. The van der Waals surface area contributed by atoms with Crippen molar-refractivity contribution in [2.24, 2.45) is 5.10 Å². The monoisotopic (exact) mass is 116 g/mol. The molecule has 0 heterocycles. The van der Waals surface area contributed by atoms with Gasteiger partial charge in [0.15, 0.2) is 0 Å². The number of likely N-dealkylation sites (N-methyl/N-ethyl adjacent to an activating group) is 1. The van der Waals surface area contributed by atoms with Gasteiger partial charge in [-0.3, -0.25) is 5.01 Å². The molecule has 0 aliphatic rings. The number of hydrogen-bond donors (Lipinski definition) is 0. The Bertz CT molecular complexity index is 65.4. The maximum Gasteiger partial charge on any atom is 0.0654 e. The Balaban J connectivity index is 2.98. The summed E-state index contributed by atoms with van der Waals surface area (Å²) in [6.07, 6.45) is 0. The molecule has 0 aromatic rings. The van der Waals surface area contributed by atoms with Crippen LogP contribution in [-0.4, -0.2) is 39.0 Å². The Morgan fingerprint density at radius 3 is 2.75 bits per heavy atom. The van der Waals surface area contributed by atoms with Gasteiger partial charge in [-0.2, -0.15) is 5.10 Å². The van der Waals surface area contributed by atoms with Gasteiger partial charge in [0.05, 0.1) is 13.2 Å². The Hall–Kier alpha value is -0.570. The molecule has 0 bridgehead atoms. The number of methoxy groups -OCH3 is 1. The van der Waals surface area contributed by atoms with Crippen molar-refractivity contribution >= 4 is 6.72 Å².